The number of likely N-dealkylation sites (tertiary alicyclic amines) is 1. The second-order valence-electron chi connectivity index (χ2n) is 4.72. The number of carbonyl (C=O) groups excluding carboxylic acids is 1. The van der Waals surface area contributed by atoms with Crippen molar-refractivity contribution in [3.8, 4) is 0 Å². The van der Waals surface area contributed by atoms with Gasteiger partial charge in [-0.2, -0.15) is 0 Å². The van der Waals surface area contributed by atoms with Crippen molar-refractivity contribution in [3.63, 3.8) is 0 Å². The van der Waals surface area contributed by atoms with E-state index in [2.05, 4.69) is 4.90 Å². The van der Waals surface area contributed by atoms with Gasteiger partial charge in [0.05, 0.1) is 0 Å². The number of hydrogen-bond acceptors (Lipinski definition) is 2. The van der Waals surface area contributed by atoms with Crippen LogP contribution in [0.3, 0.4) is 0 Å². The molecule has 0 atom stereocenters. The van der Waals surface area contributed by atoms with E-state index in [0.717, 1.165) is 19.4 Å². The molecule has 1 saturated heterocycles. The van der Waals surface area contributed by atoms with Crippen LogP contribution in [0.4, 0.5) is 0 Å². The van der Waals surface area contributed by atoms with Gasteiger partial charge in [-0.3, -0.25) is 9.00 Å². The van der Waals surface area contributed by atoms with Gasteiger partial charge in [-0.15, -0.1) is 0 Å². The van der Waals surface area contributed by atoms with Gasteiger partial charge in [0.15, 0.2) is 0 Å². The monoisotopic (exact) mass is 245 g/mol. The molecule has 2 aliphatic rings. The van der Waals surface area contributed by atoms with Gasteiger partial charge in [-0.1, -0.05) is 19.3 Å². The summed E-state index contributed by atoms with van der Waals surface area (Å²) in [6.45, 7) is 1.03. The Bertz CT molecular complexity index is 245. The van der Waals surface area contributed by atoms with Crippen LogP contribution in [0.2, 0.25) is 0 Å². The molecule has 2 rings (SSSR count). The Balaban J connectivity index is 0.000000280. The van der Waals surface area contributed by atoms with Crippen LogP contribution >= 0.6 is 0 Å². The van der Waals surface area contributed by atoms with Crippen molar-refractivity contribution in [2.24, 2.45) is 0 Å². The zero-order chi connectivity index (χ0) is 12.0. The van der Waals surface area contributed by atoms with Crippen LogP contribution in [0.15, 0.2) is 0 Å². The quantitative estimate of drug-likeness (QED) is 0.708. The van der Waals surface area contributed by atoms with Crippen LogP contribution in [-0.4, -0.2) is 40.1 Å². The lowest BCUT2D eigenvalue weighted by Crippen LogP contribution is -2.37. The molecule has 1 saturated carbocycles. The Hall–Kier alpha value is -0.380. The van der Waals surface area contributed by atoms with Gasteiger partial charge in [-0.25, -0.2) is 0 Å². The van der Waals surface area contributed by atoms with Gasteiger partial charge in [0, 0.05) is 42.3 Å². The minimum atomic E-state index is -0.611. The van der Waals surface area contributed by atoms with E-state index >= 15 is 0 Å². The van der Waals surface area contributed by atoms with Crippen LogP contribution < -0.4 is 0 Å². The molecule has 0 aromatic heterocycles. The van der Waals surface area contributed by atoms with Crippen molar-refractivity contribution in [2.45, 2.75) is 51.0 Å². The van der Waals surface area contributed by atoms with E-state index in [1.54, 1.807) is 12.5 Å². The van der Waals surface area contributed by atoms with Crippen molar-refractivity contribution in [1.82, 2.24) is 4.90 Å². The van der Waals surface area contributed by atoms with E-state index < -0.39 is 10.8 Å². The van der Waals surface area contributed by atoms with Crippen molar-refractivity contribution in [3.05, 3.63) is 0 Å². The fraction of sp³-hybridized carbons (Fsp3) is 0.917. The molecular weight excluding hydrogens is 222 g/mol. The number of nitrogens with zero attached hydrogens (tertiary/aromatic N) is 1. The first-order chi connectivity index (χ1) is 7.61. The average molecular weight is 245 g/mol. The van der Waals surface area contributed by atoms with Crippen LogP contribution in [0.1, 0.15) is 44.9 Å². The van der Waals surface area contributed by atoms with Gasteiger partial charge < -0.3 is 4.90 Å². The maximum absolute atomic E-state index is 11.4. The highest BCUT2D eigenvalue weighted by Crippen LogP contribution is 2.25. The summed E-state index contributed by atoms with van der Waals surface area (Å²) in [4.78, 5) is 13.5. The molecule has 0 N–H and O–H groups in total. The number of amides is 1. The Morgan fingerprint density at radius 3 is 2.12 bits per heavy atom. The lowest BCUT2D eigenvalue weighted by molar-refractivity contribution is -0.130. The number of rotatable bonds is 1. The topological polar surface area (TPSA) is 37.4 Å². The van der Waals surface area contributed by atoms with Gasteiger partial charge in [-0.05, 0) is 19.3 Å². The van der Waals surface area contributed by atoms with Crippen molar-refractivity contribution < 1.29 is 9.00 Å². The molecule has 1 aliphatic heterocycles. The highest BCUT2D eigenvalue weighted by Gasteiger charge is 2.28. The average Bonchev–Trinajstić information content (AvgIpc) is 2.65. The van der Waals surface area contributed by atoms with Crippen LogP contribution in [0, 0.1) is 0 Å². The zero-order valence-corrected chi connectivity index (χ0v) is 11.2. The summed E-state index contributed by atoms with van der Waals surface area (Å²) in [5, 5.41) is 0. The first-order valence-corrected chi connectivity index (χ1v) is 8.12. The third-order valence-electron chi connectivity index (χ3n) is 3.13. The highest BCUT2D eigenvalue weighted by molar-refractivity contribution is 7.83. The molecule has 1 amide bonds. The molecule has 0 aromatic rings. The summed E-state index contributed by atoms with van der Waals surface area (Å²) in [7, 11) is -0.611. The van der Waals surface area contributed by atoms with Gasteiger partial charge in [0.1, 0.15) is 0 Å². The van der Waals surface area contributed by atoms with E-state index in [1.165, 1.54) is 32.1 Å². The molecule has 4 heteroatoms. The minimum Gasteiger partial charge on any atom is -0.340 e. The van der Waals surface area contributed by atoms with E-state index in [-0.39, 0.29) is 0 Å². The van der Waals surface area contributed by atoms with E-state index in [9.17, 15) is 9.00 Å². The van der Waals surface area contributed by atoms with Crippen LogP contribution in [0.5, 0.6) is 0 Å². The fourth-order valence-corrected chi connectivity index (χ4v) is 2.45. The summed E-state index contributed by atoms with van der Waals surface area (Å²) in [6.07, 6.45) is 11.7. The molecule has 0 spiro atoms. The summed E-state index contributed by atoms with van der Waals surface area (Å²) < 4.78 is 9.56. The summed E-state index contributed by atoms with van der Waals surface area (Å²) >= 11 is 0. The second kappa shape index (κ2) is 7.05. The van der Waals surface area contributed by atoms with E-state index in [0.29, 0.717) is 11.9 Å². The molecule has 0 unspecified atom stereocenters. The van der Waals surface area contributed by atoms with Crippen molar-refractivity contribution in [1.29, 1.82) is 0 Å². The standard InChI is InChI=1S/C10H17NO.C2H6OS/c12-10-7-4-8-11(10)9-5-2-1-3-6-9;1-4(2)3/h9H,1-8H2;1-2H3. The lowest BCUT2D eigenvalue weighted by atomic mass is 9.94. The van der Waals surface area contributed by atoms with E-state index in [4.69, 9.17) is 0 Å². The molecule has 3 nitrogen and oxygen atoms in total. The number of carbonyl (C=O) groups is 1. The third kappa shape index (κ3) is 4.64. The molecule has 0 aromatic carbocycles. The Morgan fingerprint density at radius 2 is 1.69 bits per heavy atom. The fourth-order valence-electron chi connectivity index (χ4n) is 2.45. The largest absolute Gasteiger partial charge is 0.340 e. The highest BCUT2D eigenvalue weighted by atomic mass is 32.2. The summed E-state index contributed by atoms with van der Waals surface area (Å²) in [5.41, 5.74) is 0. The lowest BCUT2D eigenvalue weighted by Gasteiger charge is -2.30. The summed E-state index contributed by atoms with van der Waals surface area (Å²) in [5.74, 6) is 0.405. The van der Waals surface area contributed by atoms with Gasteiger partial charge in [0.25, 0.3) is 0 Å². The Morgan fingerprint density at radius 1 is 1.12 bits per heavy atom. The first-order valence-electron chi connectivity index (χ1n) is 6.16. The van der Waals surface area contributed by atoms with Crippen molar-refractivity contribution >= 4 is 16.7 Å². The molecule has 2 fully saturated rings. The number of hydrogen-bond donors (Lipinski definition) is 0. The van der Waals surface area contributed by atoms with Gasteiger partial charge >= 0.3 is 0 Å². The third-order valence-corrected chi connectivity index (χ3v) is 3.13. The predicted octanol–water partition coefficient (Wildman–Crippen LogP) is 1.94. The molecule has 0 radical (unpaired) electrons. The molecular formula is C12H23NO2S. The predicted molar refractivity (Wildman–Crippen MR) is 67.8 cm³/mol. The van der Waals surface area contributed by atoms with E-state index in [1.807, 2.05) is 0 Å². The molecule has 1 heterocycles. The molecule has 1 aliphatic carbocycles. The van der Waals surface area contributed by atoms with Crippen LogP contribution in [0.25, 0.3) is 0 Å². The molecule has 94 valence electrons. The molecule has 0 bridgehead atoms. The minimum absolute atomic E-state index is 0.405. The summed E-state index contributed by atoms with van der Waals surface area (Å²) in [6, 6.07) is 0.605. The normalized spacial score (nSPS) is 22.2. The van der Waals surface area contributed by atoms with Gasteiger partial charge in [0.2, 0.25) is 5.91 Å². The second-order valence-corrected chi connectivity index (χ2v) is 6.21. The maximum atomic E-state index is 11.4. The SMILES string of the molecule is CS(C)=O.O=C1CCCN1C1CCCCC1. The smallest absolute Gasteiger partial charge is 0.222 e. The van der Waals surface area contributed by atoms with Crippen molar-refractivity contribution in [2.75, 3.05) is 19.1 Å². The Labute approximate surface area is 101 Å². The first kappa shape index (κ1) is 13.7. The van der Waals surface area contributed by atoms with Crippen LogP contribution in [-0.2, 0) is 15.6 Å². The Kier molecular flexibility index (Phi) is 6.03. The maximum Gasteiger partial charge on any atom is 0.222 e. The zero-order valence-electron chi connectivity index (χ0n) is 10.4. The molecule has 16 heavy (non-hydrogen) atoms.